The Hall–Kier alpha value is -0.860. The van der Waals surface area contributed by atoms with Crippen molar-refractivity contribution in [2.45, 2.75) is 31.7 Å². The van der Waals surface area contributed by atoms with E-state index in [4.69, 9.17) is 5.73 Å². The first-order valence-electron chi connectivity index (χ1n) is 5.98. The first-order chi connectivity index (χ1) is 8.00. The quantitative estimate of drug-likeness (QED) is 0.770. The van der Waals surface area contributed by atoms with Gasteiger partial charge in [0.05, 0.1) is 0 Å². The Bertz CT molecular complexity index is 601. The largest absolute Gasteiger partial charge is 0.324 e. The number of halogens is 1. The van der Waals surface area contributed by atoms with Gasteiger partial charge in [0.15, 0.2) is 0 Å². The number of benzene rings is 2. The SMILES string of the molecule is CC1(C)CC(N)c2cc(Br)c3ccccc3c21. The normalized spacial score (nSPS) is 21.8. The molecule has 0 bridgehead atoms. The predicted molar refractivity (Wildman–Crippen MR) is 76.2 cm³/mol. The smallest absolute Gasteiger partial charge is 0.0306 e. The summed E-state index contributed by atoms with van der Waals surface area (Å²) >= 11 is 3.66. The minimum atomic E-state index is 0.168. The Morgan fingerprint density at radius 2 is 1.88 bits per heavy atom. The summed E-state index contributed by atoms with van der Waals surface area (Å²) in [6.45, 7) is 4.58. The lowest BCUT2D eigenvalue weighted by molar-refractivity contribution is 0.483. The van der Waals surface area contributed by atoms with Crippen molar-refractivity contribution in [2.24, 2.45) is 5.73 Å². The second kappa shape index (κ2) is 3.56. The number of rotatable bonds is 0. The van der Waals surface area contributed by atoms with E-state index in [1.54, 1.807) is 0 Å². The van der Waals surface area contributed by atoms with Crippen molar-refractivity contribution in [3.05, 3.63) is 45.9 Å². The third-order valence-corrected chi connectivity index (χ3v) is 4.49. The Balaban J connectivity index is 2.47. The maximum Gasteiger partial charge on any atom is 0.0306 e. The van der Waals surface area contributed by atoms with Crippen molar-refractivity contribution in [3.8, 4) is 0 Å². The minimum Gasteiger partial charge on any atom is -0.324 e. The standard InChI is InChI=1S/C15H16BrN/c1-15(2)8-13(17)11-7-12(16)9-5-3-4-6-10(9)14(11)15/h3-7,13H,8,17H2,1-2H3. The van der Waals surface area contributed by atoms with Gasteiger partial charge in [-0.2, -0.15) is 0 Å². The monoisotopic (exact) mass is 289 g/mol. The molecule has 0 radical (unpaired) electrons. The predicted octanol–water partition coefficient (Wildman–Crippen LogP) is 4.28. The zero-order chi connectivity index (χ0) is 12.2. The van der Waals surface area contributed by atoms with Gasteiger partial charge in [0.2, 0.25) is 0 Å². The van der Waals surface area contributed by atoms with Crippen LogP contribution in [0.25, 0.3) is 10.8 Å². The second-order valence-corrected chi connectivity index (χ2v) is 6.42. The van der Waals surface area contributed by atoms with Crippen LogP contribution in [0.5, 0.6) is 0 Å². The van der Waals surface area contributed by atoms with E-state index in [0.29, 0.717) is 0 Å². The molecule has 1 unspecified atom stereocenters. The fourth-order valence-electron chi connectivity index (χ4n) is 3.16. The van der Waals surface area contributed by atoms with Crippen LogP contribution in [0, 0.1) is 0 Å². The summed E-state index contributed by atoms with van der Waals surface area (Å²) in [4.78, 5) is 0. The first kappa shape index (κ1) is 11.2. The second-order valence-electron chi connectivity index (χ2n) is 5.56. The lowest BCUT2D eigenvalue weighted by Gasteiger charge is -2.21. The Morgan fingerprint density at radius 3 is 2.59 bits per heavy atom. The third-order valence-electron chi connectivity index (χ3n) is 3.83. The van der Waals surface area contributed by atoms with Crippen molar-refractivity contribution in [1.29, 1.82) is 0 Å². The summed E-state index contributed by atoms with van der Waals surface area (Å²) in [6.07, 6.45) is 1.03. The molecule has 3 rings (SSSR count). The Labute approximate surface area is 110 Å². The zero-order valence-electron chi connectivity index (χ0n) is 10.1. The van der Waals surface area contributed by atoms with Crippen LogP contribution in [0.4, 0.5) is 0 Å². The Kier molecular flexibility index (Phi) is 2.36. The highest BCUT2D eigenvalue weighted by atomic mass is 79.9. The number of fused-ring (bicyclic) bond motifs is 3. The van der Waals surface area contributed by atoms with Gasteiger partial charge in [-0.1, -0.05) is 54.0 Å². The third kappa shape index (κ3) is 1.54. The van der Waals surface area contributed by atoms with E-state index in [0.717, 1.165) is 10.9 Å². The highest BCUT2D eigenvalue weighted by molar-refractivity contribution is 9.10. The molecule has 17 heavy (non-hydrogen) atoms. The fraction of sp³-hybridized carbons (Fsp3) is 0.333. The topological polar surface area (TPSA) is 26.0 Å². The van der Waals surface area contributed by atoms with Gasteiger partial charge in [-0.25, -0.2) is 0 Å². The number of hydrogen-bond acceptors (Lipinski definition) is 1. The summed E-state index contributed by atoms with van der Waals surface area (Å²) in [7, 11) is 0. The van der Waals surface area contributed by atoms with Crippen LogP contribution >= 0.6 is 15.9 Å². The molecule has 0 fully saturated rings. The maximum atomic E-state index is 6.26. The molecule has 0 aromatic heterocycles. The van der Waals surface area contributed by atoms with Crippen molar-refractivity contribution < 1.29 is 0 Å². The summed E-state index contributed by atoms with van der Waals surface area (Å²) in [6, 6.07) is 10.9. The van der Waals surface area contributed by atoms with Crippen LogP contribution in [0.3, 0.4) is 0 Å². The maximum absolute atomic E-state index is 6.26. The highest BCUT2D eigenvalue weighted by Gasteiger charge is 2.36. The van der Waals surface area contributed by atoms with E-state index < -0.39 is 0 Å². The first-order valence-corrected chi connectivity index (χ1v) is 6.77. The van der Waals surface area contributed by atoms with Crippen molar-refractivity contribution in [2.75, 3.05) is 0 Å². The molecule has 2 heteroatoms. The summed E-state index contributed by atoms with van der Waals surface area (Å²) in [5.41, 5.74) is 9.18. The van der Waals surface area contributed by atoms with Crippen LogP contribution in [-0.2, 0) is 5.41 Å². The van der Waals surface area contributed by atoms with E-state index in [2.05, 4.69) is 60.1 Å². The molecule has 1 nitrogen and oxygen atoms in total. The molecule has 88 valence electrons. The van der Waals surface area contributed by atoms with E-state index in [9.17, 15) is 0 Å². The highest BCUT2D eigenvalue weighted by Crippen LogP contribution is 2.48. The molecule has 2 N–H and O–H groups in total. The average molecular weight is 290 g/mol. The lowest BCUT2D eigenvalue weighted by Crippen LogP contribution is -2.14. The van der Waals surface area contributed by atoms with Gasteiger partial charge in [0.1, 0.15) is 0 Å². The molecule has 0 spiro atoms. The number of hydrogen-bond donors (Lipinski definition) is 1. The van der Waals surface area contributed by atoms with Gasteiger partial charge >= 0.3 is 0 Å². The van der Waals surface area contributed by atoms with Gasteiger partial charge in [-0.05, 0) is 39.8 Å². The molecule has 1 aliphatic carbocycles. The number of nitrogens with two attached hydrogens (primary N) is 1. The zero-order valence-corrected chi connectivity index (χ0v) is 11.7. The van der Waals surface area contributed by atoms with Crippen LogP contribution < -0.4 is 5.73 Å². The molecular formula is C15H16BrN. The van der Waals surface area contributed by atoms with Gasteiger partial charge in [-0.3, -0.25) is 0 Å². The van der Waals surface area contributed by atoms with Crippen molar-refractivity contribution in [3.63, 3.8) is 0 Å². The molecule has 2 aromatic rings. The molecule has 0 amide bonds. The van der Waals surface area contributed by atoms with Crippen molar-refractivity contribution in [1.82, 2.24) is 0 Å². The Morgan fingerprint density at radius 1 is 1.24 bits per heavy atom. The fourth-order valence-corrected chi connectivity index (χ4v) is 3.75. The van der Waals surface area contributed by atoms with Crippen LogP contribution in [0.2, 0.25) is 0 Å². The van der Waals surface area contributed by atoms with Gasteiger partial charge in [0, 0.05) is 10.5 Å². The average Bonchev–Trinajstić information content (AvgIpc) is 2.49. The van der Waals surface area contributed by atoms with E-state index in [1.165, 1.54) is 21.9 Å². The molecule has 0 saturated heterocycles. The van der Waals surface area contributed by atoms with Gasteiger partial charge < -0.3 is 5.73 Å². The van der Waals surface area contributed by atoms with E-state index in [-0.39, 0.29) is 11.5 Å². The van der Waals surface area contributed by atoms with Gasteiger partial charge in [0.25, 0.3) is 0 Å². The molecule has 1 atom stereocenters. The molecule has 0 saturated carbocycles. The molecule has 1 aliphatic rings. The molecule has 2 aromatic carbocycles. The van der Waals surface area contributed by atoms with Crippen LogP contribution in [0.15, 0.2) is 34.8 Å². The summed E-state index contributed by atoms with van der Waals surface area (Å²) in [5.74, 6) is 0. The van der Waals surface area contributed by atoms with Crippen LogP contribution in [-0.4, -0.2) is 0 Å². The summed E-state index contributed by atoms with van der Waals surface area (Å²) < 4.78 is 1.15. The molecule has 0 heterocycles. The van der Waals surface area contributed by atoms with E-state index in [1.807, 2.05) is 0 Å². The van der Waals surface area contributed by atoms with Gasteiger partial charge in [-0.15, -0.1) is 0 Å². The van der Waals surface area contributed by atoms with Crippen molar-refractivity contribution >= 4 is 26.7 Å². The van der Waals surface area contributed by atoms with E-state index >= 15 is 0 Å². The molecule has 0 aliphatic heterocycles. The molecular weight excluding hydrogens is 274 g/mol. The minimum absolute atomic E-state index is 0.168. The lowest BCUT2D eigenvalue weighted by atomic mass is 9.83. The summed E-state index contributed by atoms with van der Waals surface area (Å²) in [5, 5.41) is 2.63. The van der Waals surface area contributed by atoms with Crippen LogP contribution in [0.1, 0.15) is 37.4 Å².